The lowest BCUT2D eigenvalue weighted by molar-refractivity contribution is 0.146. The molecule has 0 fully saturated rings. The predicted octanol–water partition coefficient (Wildman–Crippen LogP) is 2.63. The van der Waals surface area contributed by atoms with Gasteiger partial charge >= 0.3 is 6.03 Å². The van der Waals surface area contributed by atoms with Crippen LogP contribution in [0.2, 0.25) is 0 Å². The molecular weight excluding hydrogens is 244 g/mol. The quantitative estimate of drug-likeness (QED) is 0.746. The van der Waals surface area contributed by atoms with Gasteiger partial charge in [-0.3, -0.25) is 0 Å². The highest BCUT2D eigenvalue weighted by molar-refractivity contribution is 5.89. The number of methoxy groups -OCH3 is 1. The van der Waals surface area contributed by atoms with E-state index in [1.807, 2.05) is 26.0 Å². The number of anilines is 1. The third-order valence-electron chi connectivity index (χ3n) is 2.66. The smallest absolute Gasteiger partial charge is 0.319 e. The van der Waals surface area contributed by atoms with Gasteiger partial charge in [-0.25, -0.2) is 4.79 Å². The number of benzene rings is 1. The van der Waals surface area contributed by atoms with Crippen molar-refractivity contribution in [3.8, 4) is 5.75 Å². The average molecular weight is 266 g/mol. The highest BCUT2D eigenvalue weighted by Crippen LogP contribution is 2.15. The molecule has 1 aromatic carbocycles. The van der Waals surface area contributed by atoms with Crippen molar-refractivity contribution in [2.45, 2.75) is 26.3 Å². The van der Waals surface area contributed by atoms with Crippen LogP contribution in [0.5, 0.6) is 5.75 Å². The Hall–Kier alpha value is -1.75. The van der Waals surface area contributed by atoms with Crippen LogP contribution >= 0.6 is 0 Å². The van der Waals surface area contributed by atoms with Crippen LogP contribution in [0.3, 0.4) is 0 Å². The summed E-state index contributed by atoms with van der Waals surface area (Å²) in [5, 5.41) is 5.61. The third-order valence-corrected chi connectivity index (χ3v) is 2.66. The van der Waals surface area contributed by atoms with Crippen molar-refractivity contribution in [3.05, 3.63) is 24.3 Å². The summed E-state index contributed by atoms with van der Waals surface area (Å²) in [7, 11) is 1.63. The second-order valence-corrected chi connectivity index (χ2v) is 4.27. The van der Waals surface area contributed by atoms with E-state index in [1.165, 1.54) is 0 Å². The molecule has 0 saturated heterocycles. The highest BCUT2D eigenvalue weighted by atomic mass is 16.5. The minimum Gasteiger partial charge on any atom is -0.491 e. The number of urea groups is 1. The van der Waals surface area contributed by atoms with Crippen molar-refractivity contribution in [3.63, 3.8) is 0 Å². The average Bonchev–Trinajstić information content (AvgIpc) is 2.40. The van der Waals surface area contributed by atoms with E-state index in [9.17, 15) is 4.79 Å². The maximum atomic E-state index is 11.6. The Kier molecular flexibility index (Phi) is 6.74. The van der Waals surface area contributed by atoms with E-state index in [-0.39, 0.29) is 12.1 Å². The van der Waals surface area contributed by atoms with Crippen molar-refractivity contribution in [1.82, 2.24) is 5.32 Å². The Morgan fingerprint density at radius 1 is 1.26 bits per heavy atom. The van der Waals surface area contributed by atoms with Crippen molar-refractivity contribution >= 4 is 11.7 Å². The van der Waals surface area contributed by atoms with Crippen LogP contribution in [0.15, 0.2) is 24.3 Å². The van der Waals surface area contributed by atoms with E-state index in [2.05, 4.69) is 10.6 Å². The van der Waals surface area contributed by atoms with Gasteiger partial charge in [0, 0.05) is 18.8 Å². The maximum absolute atomic E-state index is 11.6. The molecule has 1 unspecified atom stereocenters. The topological polar surface area (TPSA) is 59.6 Å². The number of carbonyl (C=O) groups is 1. The van der Waals surface area contributed by atoms with Gasteiger partial charge in [-0.15, -0.1) is 0 Å². The van der Waals surface area contributed by atoms with Crippen LogP contribution in [-0.4, -0.2) is 32.4 Å². The zero-order valence-electron chi connectivity index (χ0n) is 11.7. The first-order valence-electron chi connectivity index (χ1n) is 6.45. The van der Waals surface area contributed by atoms with Crippen molar-refractivity contribution in [1.29, 1.82) is 0 Å². The maximum Gasteiger partial charge on any atom is 0.319 e. The summed E-state index contributed by atoms with van der Waals surface area (Å²) >= 11 is 0. The number of hydrogen-bond donors (Lipinski definition) is 2. The van der Waals surface area contributed by atoms with Crippen LogP contribution in [0.4, 0.5) is 10.5 Å². The first-order chi connectivity index (χ1) is 9.15. The van der Waals surface area contributed by atoms with Crippen LogP contribution in [0.1, 0.15) is 20.3 Å². The molecule has 0 aliphatic carbocycles. The summed E-state index contributed by atoms with van der Waals surface area (Å²) in [6, 6.07) is 7.21. The van der Waals surface area contributed by atoms with Gasteiger partial charge in [0.1, 0.15) is 12.4 Å². The fourth-order valence-corrected chi connectivity index (χ4v) is 1.37. The third kappa shape index (κ3) is 6.10. The molecule has 19 heavy (non-hydrogen) atoms. The lowest BCUT2D eigenvalue weighted by Crippen LogP contribution is -2.35. The van der Waals surface area contributed by atoms with Crippen LogP contribution in [0, 0.1) is 0 Å². The lowest BCUT2D eigenvalue weighted by Gasteiger charge is -2.12. The van der Waals surface area contributed by atoms with Crippen molar-refractivity contribution in [2.24, 2.45) is 0 Å². The second kappa shape index (κ2) is 8.37. The van der Waals surface area contributed by atoms with Gasteiger partial charge in [-0.05, 0) is 37.6 Å². The first-order valence-corrected chi connectivity index (χ1v) is 6.45. The number of rotatable bonds is 7. The molecule has 0 aliphatic heterocycles. The van der Waals surface area contributed by atoms with Crippen LogP contribution in [0.25, 0.3) is 0 Å². The first kappa shape index (κ1) is 15.3. The summed E-state index contributed by atoms with van der Waals surface area (Å²) < 4.78 is 10.3. The second-order valence-electron chi connectivity index (χ2n) is 4.27. The summed E-state index contributed by atoms with van der Waals surface area (Å²) in [5.41, 5.74) is 0.736. The summed E-state index contributed by atoms with van der Waals surface area (Å²) in [6.45, 7) is 5.05. The zero-order chi connectivity index (χ0) is 14.1. The molecule has 1 atom stereocenters. The van der Waals surface area contributed by atoms with Crippen molar-refractivity contribution < 1.29 is 14.3 Å². The fraction of sp³-hybridized carbons (Fsp3) is 0.500. The van der Waals surface area contributed by atoms with E-state index >= 15 is 0 Å². The molecule has 1 aromatic rings. The summed E-state index contributed by atoms with van der Waals surface area (Å²) in [5.74, 6) is 0.755. The van der Waals surface area contributed by atoms with Crippen molar-refractivity contribution in [2.75, 3.05) is 25.6 Å². The van der Waals surface area contributed by atoms with Gasteiger partial charge in [0.25, 0.3) is 0 Å². The number of nitrogens with one attached hydrogen (secondary N) is 2. The minimum atomic E-state index is -0.192. The standard InChI is InChI=1S/C14H22N2O3/c1-4-11(2)15-14(17)16-12-5-7-13(8-6-12)19-10-9-18-3/h5-8,11H,4,9-10H2,1-3H3,(H2,15,16,17). The van der Waals surface area contributed by atoms with Crippen LogP contribution in [-0.2, 0) is 4.74 Å². The molecule has 5 nitrogen and oxygen atoms in total. The monoisotopic (exact) mass is 266 g/mol. The number of carbonyl (C=O) groups excluding carboxylic acids is 1. The summed E-state index contributed by atoms with van der Waals surface area (Å²) in [4.78, 5) is 11.6. The molecule has 1 rings (SSSR count). The number of hydrogen-bond acceptors (Lipinski definition) is 3. The molecular formula is C14H22N2O3. The Labute approximate surface area is 114 Å². The predicted molar refractivity (Wildman–Crippen MR) is 75.7 cm³/mol. The van der Waals surface area contributed by atoms with E-state index < -0.39 is 0 Å². The van der Waals surface area contributed by atoms with Gasteiger partial charge in [0.15, 0.2) is 0 Å². The van der Waals surface area contributed by atoms with E-state index in [0.29, 0.717) is 13.2 Å². The molecule has 0 aliphatic rings. The Balaban J connectivity index is 2.41. The number of ether oxygens (including phenoxy) is 2. The van der Waals surface area contributed by atoms with E-state index in [4.69, 9.17) is 9.47 Å². The van der Waals surface area contributed by atoms with E-state index in [1.54, 1.807) is 19.2 Å². The molecule has 0 radical (unpaired) electrons. The Morgan fingerprint density at radius 2 is 1.95 bits per heavy atom. The Bertz CT molecular complexity index is 379. The molecule has 106 valence electrons. The van der Waals surface area contributed by atoms with E-state index in [0.717, 1.165) is 17.9 Å². The highest BCUT2D eigenvalue weighted by Gasteiger charge is 2.05. The largest absolute Gasteiger partial charge is 0.491 e. The van der Waals surface area contributed by atoms with Crippen LogP contribution < -0.4 is 15.4 Å². The van der Waals surface area contributed by atoms with Gasteiger partial charge in [-0.1, -0.05) is 6.92 Å². The normalized spacial score (nSPS) is 11.7. The SMILES string of the molecule is CCC(C)NC(=O)Nc1ccc(OCCOC)cc1. The number of amides is 2. The molecule has 0 spiro atoms. The molecule has 2 N–H and O–H groups in total. The zero-order valence-corrected chi connectivity index (χ0v) is 11.7. The lowest BCUT2D eigenvalue weighted by atomic mass is 10.3. The molecule has 0 heterocycles. The van der Waals surface area contributed by atoms with Gasteiger partial charge in [0.05, 0.1) is 6.61 Å². The molecule has 5 heteroatoms. The van der Waals surface area contributed by atoms with Gasteiger partial charge in [-0.2, -0.15) is 0 Å². The minimum absolute atomic E-state index is 0.164. The fourth-order valence-electron chi connectivity index (χ4n) is 1.37. The molecule has 0 bridgehead atoms. The van der Waals surface area contributed by atoms with Gasteiger partial charge < -0.3 is 20.1 Å². The Morgan fingerprint density at radius 3 is 2.53 bits per heavy atom. The molecule has 2 amide bonds. The van der Waals surface area contributed by atoms with Gasteiger partial charge in [0.2, 0.25) is 0 Å². The molecule has 0 saturated carbocycles. The molecule has 0 aromatic heterocycles. The summed E-state index contributed by atoms with van der Waals surface area (Å²) in [6.07, 6.45) is 0.902.